The first-order chi connectivity index (χ1) is 9.15. The lowest BCUT2D eigenvalue weighted by molar-refractivity contribution is 0.0587. The van der Waals surface area contributed by atoms with Crippen molar-refractivity contribution in [2.45, 2.75) is 24.9 Å². The molecule has 0 spiro atoms. The van der Waals surface area contributed by atoms with Crippen LogP contribution in [0.5, 0.6) is 5.75 Å². The number of fused-ring (bicyclic) bond motifs is 1. The summed E-state index contributed by atoms with van der Waals surface area (Å²) in [5, 5.41) is 11.6. The minimum atomic E-state index is -1.02. The Bertz CT molecular complexity index is 605. The van der Waals surface area contributed by atoms with Crippen LogP contribution in [-0.4, -0.2) is 12.2 Å². The van der Waals surface area contributed by atoms with E-state index in [9.17, 15) is 5.11 Å². The molecule has 0 bridgehead atoms. The molecule has 0 radical (unpaired) electrons. The van der Waals surface area contributed by atoms with Crippen LogP contribution in [0.3, 0.4) is 0 Å². The third-order valence-electron chi connectivity index (χ3n) is 3.76. The van der Waals surface area contributed by atoms with Gasteiger partial charge in [-0.25, -0.2) is 0 Å². The third-order valence-corrected chi connectivity index (χ3v) is 4.07. The molecule has 1 heterocycles. The number of aryl methyl sites for hydroxylation is 1. The van der Waals surface area contributed by atoms with Crippen LogP contribution in [0.25, 0.3) is 0 Å². The zero-order chi connectivity index (χ0) is 13.5. The first kappa shape index (κ1) is 12.6. The minimum Gasteiger partial charge on any atom is -0.495 e. The Kier molecular flexibility index (Phi) is 3.03. The number of hydrogen-bond acceptors (Lipinski definition) is 3. The predicted octanol–water partition coefficient (Wildman–Crippen LogP) is 3.51. The molecule has 19 heavy (non-hydrogen) atoms. The van der Waals surface area contributed by atoms with Gasteiger partial charge in [-0.05, 0) is 36.6 Å². The van der Waals surface area contributed by atoms with Crippen LogP contribution in [0.4, 0.5) is 0 Å². The van der Waals surface area contributed by atoms with Gasteiger partial charge in [-0.15, -0.1) is 0 Å². The van der Waals surface area contributed by atoms with Gasteiger partial charge in [0.25, 0.3) is 0 Å². The Morgan fingerprint density at radius 3 is 3.00 bits per heavy atom. The Morgan fingerprint density at radius 1 is 1.37 bits per heavy atom. The summed E-state index contributed by atoms with van der Waals surface area (Å²) < 4.78 is 10.7. The lowest BCUT2D eigenvalue weighted by Crippen LogP contribution is -2.31. The van der Waals surface area contributed by atoms with E-state index in [0.29, 0.717) is 17.2 Å². The van der Waals surface area contributed by atoms with Gasteiger partial charge in [0.2, 0.25) is 0 Å². The molecule has 1 unspecified atom stereocenters. The van der Waals surface area contributed by atoms with E-state index in [4.69, 9.17) is 20.8 Å². The van der Waals surface area contributed by atoms with Gasteiger partial charge >= 0.3 is 0 Å². The van der Waals surface area contributed by atoms with E-state index in [2.05, 4.69) is 0 Å². The third kappa shape index (κ3) is 1.94. The maximum atomic E-state index is 11.0. The molecule has 0 saturated heterocycles. The zero-order valence-corrected chi connectivity index (χ0v) is 11.4. The molecule has 1 aliphatic rings. The van der Waals surface area contributed by atoms with Gasteiger partial charge in [0.1, 0.15) is 17.1 Å². The highest BCUT2D eigenvalue weighted by atomic mass is 35.5. The number of furan rings is 1. The monoisotopic (exact) mass is 278 g/mol. The molecule has 3 rings (SSSR count). The molecule has 100 valence electrons. The van der Waals surface area contributed by atoms with Gasteiger partial charge in [-0.2, -0.15) is 0 Å². The Morgan fingerprint density at radius 2 is 2.21 bits per heavy atom. The van der Waals surface area contributed by atoms with Gasteiger partial charge in [-0.3, -0.25) is 0 Å². The number of methoxy groups -OCH3 is 1. The summed E-state index contributed by atoms with van der Waals surface area (Å²) in [7, 11) is 1.57. The summed E-state index contributed by atoms with van der Waals surface area (Å²) in [6, 6.07) is 7.23. The Balaban J connectivity index is 2.12. The molecule has 1 aromatic heterocycles. The highest BCUT2D eigenvalue weighted by molar-refractivity contribution is 6.32. The van der Waals surface area contributed by atoms with Crippen LogP contribution < -0.4 is 4.74 Å². The summed E-state index contributed by atoms with van der Waals surface area (Å²) in [5.41, 5.74) is 0.623. The van der Waals surface area contributed by atoms with E-state index < -0.39 is 5.60 Å². The second-order valence-electron chi connectivity index (χ2n) is 4.82. The van der Waals surface area contributed by atoms with Crippen molar-refractivity contribution < 1.29 is 14.3 Å². The van der Waals surface area contributed by atoms with E-state index >= 15 is 0 Å². The smallest absolute Gasteiger partial charge is 0.137 e. The minimum absolute atomic E-state index is 0.540. The molecule has 1 aromatic carbocycles. The normalized spacial score (nSPS) is 22.1. The van der Waals surface area contributed by atoms with Crippen molar-refractivity contribution in [1.82, 2.24) is 0 Å². The zero-order valence-electron chi connectivity index (χ0n) is 10.6. The highest BCUT2D eigenvalue weighted by Crippen LogP contribution is 2.42. The highest BCUT2D eigenvalue weighted by Gasteiger charge is 2.38. The molecule has 0 aliphatic heterocycles. The van der Waals surface area contributed by atoms with Gasteiger partial charge in [0.05, 0.1) is 18.4 Å². The van der Waals surface area contributed by atoms with Gasteiger partial charge in [-0.1, -0.05) is 17.7 Å². The number of ether oxygens (including phenoxy) is 1. The number of rotatable bonds is 2. The lowest BCUT2D eigenvalue weighted by Gasteiger charge is -2.32. The van der Waals surface area contributed by atoms with E-state index in [1.807, 2.05) is 12.1 Å². The average Bonchev–Trinajstić information content (AvgIpc) is 2.89. The van der Waals surface area contributed by atoms with Crippen molar-refractivity contribution >= 4 is 11.6 Å². The maximum Gasteiger partial charge on any atom is 0.137 e. The summed E-state index contributed by atoms with van der Waals surface area (Å²) in [6.45, 7) is 0. The molecule has 0 fully saturated rings. The number of hydrogen-bond donors (Lipinski definition) is 1. The van der Waals surface area contributed by atoms with Crippen LogP contribution in [-0.2, 0) is 12.0 Å². The number of halogens is 1. The topological polar surface area (TPSA) is 42.6 Å². The fourth-order valence-corrected chi connectivity index (χ4v) is 2.95. The first-order valence-electron chi connectivity index (χ1n) is 6.28. The summed E-state index contributed by atoms with van der Waals surface area (Å²) in [4.78, 5) is 0. The fourth-order valence-electron chi connectivity index (χ4n) is 2.76. The van der Waals surface area contributed by atoms with E-state index in [1.54, 1.807) is 25.5 Å². The number of benzene rings is 1. The second-order valence-corrected chi connectivity index (χ2v) is 5.23. The molecular weight excluding hydrogens is 264 g/mol. The molecule has 0 amide bonds. The SMILES string of the molecule is COc1cc(C2(O)CCCc3occc32)ccc1Cl. The molecule has 1 atom stereocenters. The Labute approximate surface area is 116 Å². The van der Waals surface area contributed by atoms with Crippen LogP contribution in [0.1, 0.15) is 29.7 Å². The van der Waals surface area contributed by atoms with Crippen molar-refractivity contribution in [1.29, 1.82) is 0 Å². The van der Waals surface area contributed by atoms with E-state index in [1.165, 1.54) is 0 Å². The summed E-state index contributed by atoms with van der Waals surface area (Å²) in [5.74, 6) is 1.44. The van der Waals surface area contributed by atoms with Crippen LogP contribution in [0.2, 0.25) is 5.02 Å². The summed E-state index contributed by atoms with van der Waals surface area (Å²) >= 11 is 6.03. The predicted molar refractivity (Wildman–Crippen MR) is 72.6 cm³/mol. The van der Waals surface area contributed by atoms with Gasteiger partial charge < -0.3 is 14.3 Å². The molecule has 1 aliphatic carbocycles. The molecule has 0 saturated carbocycles. The van der Waals surface area contributed by atoms with Crippen molar-refractivity contribution in [3.05, 3.63) is 52.4 Å². The maximum absolute atomic E-state index is 11.0. The van der Waals surface area contributed by atoms with Crippen molar-refractivity contribution in [3.8, 4) is 5.75 Å². The molecule has 4 heteroatoms. The first-order valence-corrected chi connectivity index (χ1v) is 6.66. The van der Waals surface area contributed by atoms with Crippen LogP contribution in [0, 0.1) is 0 Å². The van der Waals surface area contributed by atoms with Gasteiger partial charge in [0.15, 0.2) is 0 Å². The molecule has 3 nitrogen and oxygen atoms in total. The van der Waals surface area contributed by atoms with Crippen molar-refractivity contribution in [3.63, 3.8) is 0 Å². The quantitative estimate of drug-likeness (QED) is 0.914. The van der Waals surface area contributed by atoms with Crippen LogP contribution in [0.15, 0.2) is 34.9 Å². The second kappa shape index (κ2) is 4.58. The van der Waals surface area contributed by atoms with Crippen LogP contribution >= 0.6 is 11.6 Å². The molecule has 2 aromatic rings. The largest absolute Gasteiger partial charge is 0.495 e. The number of aliphatic hydroxyl groups is 1. The standard InChI is InChI=1S/C15H15ClO3/c1-18-14-9-10(4-5-12(14)16)15(17)7-2-3-13-11(15)6-8-19-13/h4-6,8-9,17H,2-3,7H2,1H3. The average molecular weight is 279 g/mol. The van der Waals surface area contributed by atoms with E-state index in [0.717, 1.165) is 29.7 Å². The fraction of sp³-hybridized carbons (Fsp3) is 0.333. The molecular formula is C15H15ClO3. The van der Waals surface area contributed by atoms with Crippen molar-refractivity contribution in [2.75, 3.05) is 7.11 Å². The van der Waals surface area contributed by atoms with Gasteiger partial charge in [0, 0.05) is 12.0 Å². The Hall–Kier alpha value is -1.45. The summed E-state index contributed by atoms with van der Waals surface area (Å²) in [6.07, 6.45) is 4.07. The van der Waals surface area contributed by atoms with Crippen molar-refractivity contribution in [2.24, 2.45) is 0 Å². The lowest BCUT2D eigenvalue weighted by atomic mass is 9.78. The molecule has 1 N–H and O–H groups in total. The van der Waals surface area contributed by atoms with E-state index in [-0.39, 0.29) is 0 Å².